The summed E-state index contributed by atoms with van der Waals surface area (Å²) in [7, 11) is 3.15. The highest BCUT2D eigenvalue weighted by Crippen LogP contribution is 2.44. The van der Waals surface area contributed by atoms with Crippen LogP contribution in [0.2, 0.25) is 0 Å². The Hall–Kier alpha value is -4.98. The molecule has 42 heavy (non-hydrogen) atoms. The van der Waals surface area contributed by atoms with Gasteiger partial charge in [-0.05, 0) is 59.0 Å². The van der Waals surface area contributed by atoms with Crippen molar-refractivity contribution < 1.29 is 28.5 Å². The number of amides is 2. The van der Waals surface area contributed by atoms with Crippen molar-refractivity contribution in [3.8, 4) is 28.4 Å². The summed E-state index contributed by atoms with van der Waals surface area (Å²) >= 11 is 0. The molecule has 0 aromatic heterocycles. The molecular weight excluding hydrogens is 532 g/mol. The van der Waals surface area contributed by atoms with Crippen molar-refractivity contribution in [3.63, 3.8) is 0 Å². The number of nitrogens with one attached hydrogen (secondary N) is 2. The number of rotatable bonds is 11. The lowest BCUT2D eigenvalue weighted by molar-refractivity contribution is -0.122. The third-order valence-corrected chi connectivity index (χ3v) is 7.25. The lowest BCUT2D eigenvalue weighted by Crippen LogP contribution is -2.31. The Morgan fingerprint density at radius 2 is 1.48 bits per heavy atom. The van der Waals surface area contributed by atoms with Gasteiger partial charge in [-0.1, -0.05) is 60.7 Å². The van der Waals surface area contributed by atoms with Gasteiger partial charge in [0.2, 0.25) is 0 Å². The Morgan fingerprint density at radius 1 is 0.833 bits per heavy atom. The molecule has 0 fully saturated rings. The minimum Gasteiger partial charge on any atom is -0.497 e. The summed E-state index contributed by atoms with van der Waals surface area (Å²) in [6.45, 7) is 3.36. The Labute approximate surface area is 245 Å². The van der Waals surface area contributed by atoms with Crippen LogP contribution in [0.25, 0.3) is 11.1 Å². The fraction of sp³-hybridized carbons (Fsp3) is 0.206. The summed E-state index contributed by atoms with van der Waals surface area (Å²) in [5, 5.41) is 5.61. The van der Waals surface area contributed by atoms with Crippen molar-refractivity contribution in [2.24, 2.45) is 0 Å². The summed E-state index contributed by atoms with van der Waals surface area (Å²) in [6.07, 6.45) is -0.562. The maximum atomic E-state index is 13.3. The number of alkyl carbamates (subject to hydrolysis) is 1. The molecule has 5 rings (SSSR count). The number of carbonyl (C=O) groups is 2. The number of hydrogen-bond acceptors (Lipinski definition) is 6. The first-order chi connectivity index (χ1) is 20.5. The number of methoxy groups -OCH3 is 2. The van der Waals surface area contributed by atoms with Crippen molar-refractivity contribution in [1.29, 1.82) is 0 Å². The van der Waals surface area contributed by atoms with Gasteiger partial charge >= 0.3 is 6.09 Å². The van der Waals surface area contributed by atoms with Crippen molar-refractivity contribution in [1.82, 2.24) is 10.6 Å². The van der Waals surface area contributed by atoms with Gasteiger partial charge in [0.05, 0.1) is 20.3 Å². The van der Waals surface area contributed by atoms with Crippen LogP contribution in [0.3, 0.4) is 0 Å². The van der Waals surface area contributed by atoms with E-state index in [1.54, 1.807) is 45.9 Å². The molecule has 8 heteroatoms. The van der Waals surface area contributed by atoms with Crippen LogP contribution in [-0.2, 0) is 9.53 Å². The second-order valence-corrected chi connectivity index (χ2v) is 9.72. The Morgan fingerprint density at radius 3 is 2.10 bits per heavy atom. The highest BCUT2D eigenvalue weighted by atomic mass is 16.5. The van der Waals surface area contributed by atoms with E-state index in [4.69, 9.17) is 18.9 Å². The molecule has 0 saturated heterocycles. The number of carbonyl (C=O) groups excluding carboxylic acids is 2. The van der Waals surface area contributed by atoms with Crippen molar-refractivity contribution in [3.05, 3.63) is 120 Å². The van der Waals surface area contributed by atoms with Gasteiger partial charge < -0.3 is 29.6 Å². The maximum Gasteiger partial charge on any atom is 0.407 e. The molecule has 0 saturated carbocycles. The normalized spacial score (nSPS) is 12.5. The van der Waals surface area contributed by atoms with E-state index in [-0.39, 0.29) is 25.0 Å². The molecule has 8 nitrogen and oxygen atoms in total. The molecule has 1 radical (unpaired) electrons. The lowest BCUT2D eigenvalue weighted by atomic mass is 9.97. The van der Waals surface area contributed by atoms with Crippen LogP contribution >= 0.6 is 0 Å². The average molecular weight is 566 g/mol. The van der Waals surface area contributed by atoms with Crippen molar-refractivity contribution in [2.45, 2.75) is 18.9 Å². The Bertz CT molecular complexity index is 1510. The topological polar surface area (TPSA) is 95.1 Å². The first-order valence-corrected chi connectivity index (χ1v) is 13.7. The maximum absolute atomic E-state index is 13.3. The summed E-state index contributed by atoms with van der Waals surface area (Å²) in [5.74, 6) is 1.38. The van der Waals surface area contributed by atoms with Crippen molar-refractivity contribution >= 4 is 12.0 Å². The number of fused-ring (bicyclic) bond motifs is 3. The molecule has 0 aliphatic heterocycles. The number of ether oxygens (including phenoxy) is 4. The SMILES string of the molecule is C[CH]NC(=O)COc1ccc(C(NC(=O)OCC2c3ccccc3-c3ccccc32)c2ccc(OC)cc2OC)cc1. The van der Waals surface area contributed by atoms with Crippen LogP contribution in [0.15, 0.2) is 91.0 Å². The molecule has 0 spiro atoms. The molecule has 1 unspecified atom stereocenters. The van der Waals surface area contributed by atoms with E-state index in [1.165, 1.54) is 0 Å². The van der Waals surface area contributed by atoms with Crippen LogP contribution in [-0.4, -0.2) is 39.4 Å². The lowest BCUT2D eigenvalue weighted by Gasteiger charge is -2.23. The van der Waals surface area contributed by atoms with E-state index in [2.05, 4.69) is 34.9 Å². The molecule has 0 heterocycles. The molecular formula is C34H33N2O6. The van der Waals surface area contributed by atoms with Crippen LogP contribution in [0.1, 0.15) is 41.1 Å². The molecule has 1 atom stereocenters. The van der Waals surface area contributed by atoms with Crippen LogP contribution in [0.4, 0.5) is 4.79 Å². The molecule has 0 bridgehead atoms. The monoisotopic (exact) mass is 565 g/mol. The van der Waals surface area contributed by atoms with E-state index >= 15 is 0 Å². The van der Waals surface area contributed by atoms with E-state index < -0.39 is 12.1 Å². The van der Waals surface area contributed by atoms with Crippen molar-refractivity contribution in [2.75, 3.05) is 27.4 Å². The standard InChI is InChI=1S/C34H33N2O6/c1-4-35-32(37)21-41-23-15-13-22(14-16-23)33(29-18-17-24(39-2)19-31(29)40-3)36-34(38)42-20-30-27-11-7-5-9-25(27)26-10-6-8-12-28(26)30/h4-19,30,33H,20-21H2,1-3H3,(H,35,37)(H,36,38). The van der Waals surface area contributed by atoms with E-state index in [0.29, 0.717) is 17.2 Å². The molecule has 2 amide bonds. The third kappa shape index (κ3) is 6.17. The first kappa shape index (κ1) is 28.5. The van der Waals surface area contributed by atoms with Gasteiger partial charge in [0, 0.05) is 24.1 Å². The van der Waals surface area contributed by atoms with Gasteiger partial charge in [0.1, 0.15) is 23.9 Å². The van der Waals surface area contributed by atoms with E-state index in [1.807, 2.05) is 48.5 Å². The first-order valence-electron chi connectivity index (χ1n) is 13.7. The molecule has 4 aromatic carbocycles. The largest absolute Gasteiger partial charge is 0.497 e. The predicted molar refractivity (Wildman–Crippen MR) is 160 cm³/mol. The third-order valence-electron chi connectivity index (χ3n) is 7.25. The summed E-state index contributed by atoms with van der Waals surface area (Å²) in [4.78, 5) is 25.1. The summed E-state index contributed by atoms with van der Waals surface area (Å²) in [5.41, 5.74) is 6.09. The van der Waals surface area contributed by atoms with E-state index in [0.717, 1.165) is 33.4 Å². The highest BCUT2D eigenvalue weighted by molar-refractivity contribution is 5.79. The smallest absolute Gasteiger partial charge is 0.407 e. The zero-order chi connectivity index (χ0) is 29.5. The summed E-state index contributed by atoms with van der Waals surface area (Å²) in [6, 6.07) is 28.4. The predicted octanol–water partition coefficient (Wildman–Crippen LogP) is 6.01. The van der Waals surface area contributed by atoms with Gasteiger partial charge in [0.15, 0.2) is 6.61 Å². The van der Waals surface area contributed by atoms with Crippen LogP contribution in [0, 0.1) is 6.54 Å². The average Bonchev–Trinajstić information content (AvgIpc) is 3.35. The minimum absolute atomic E-state index is 0.0592. The fourth-order valence-electron chi connectivity index (χ4n) is 5.26. The molecule has 4 aromatic rings. The highest BCUT2D eigenvalue weighted by Gasteiger charge is 2.30. The molecule has 1 aliphatic carbocycles. The van der Waals surface area contributed by atoms with Crippen LogP contribution < -0.4 is 24.8 Å². The second kappa shape index (κ2) is 13.1. The van der Waals surface area contributed by atoms with Gasteiger partial charge in [-0.3, -0.25) is 4.79 Å². The fourth-order valence-corrected chi connectivity index (χ4v) is 5.26. The number of hydrogen-bond donors (Lipinski definition) is 2. The number of benzene rings is 4. The van der Waals surface area contributed by atoms with Gasteiger partial charge in [-0.15, -0.1) is 0 Å². The molecule has 215 valence electrons. The summed E-state index contributed by atoms with van der Waals surface area (Å²) < 4.78 is 22.5. The second-order valence-electron chi connectivity index (χ2n) is 9.72. The van der Waals surface area contributed by atoms with Crippen LogP contribution in [0.5, 0.6) is 17.2 Å². The molecule has 1 aliphatic rings. The Kier molecular flexibility index (Phi) is 8.92. The Balaban J connectivity index is 1.36. The van der Waals surface area contributed by atoms with Gasteiger partial charge in [-0.2, -0.15) is 0 Å². The quantitative estimate of drug-likeness (QED) is 0.231. The minimum atomic E-state index is -0.603. The van der Waals surface area contributed by atoms with Gasteiger partial charge in [0.25, 0.3) is 5.91 Å². The molecule has 2 N–H and O–H groups in total. The van der Waals surface area contributed by atoms with E-state index in [9.17, 15) is 9.59 Å². The van der Waals surface area contributed by atoms with Gasteiger partial charge in [-0.25, -0.2) is 4.79 Å². The zero-order valence-corrected chi connectivity index (χ0v) is 23.8. The zero-order valence-electron chi connectivity index (χ0n) is 23.8.